The molecule has 0 radical (unpaired) electrons. The Morgan fingerprint density at radius 1 is 1.05 bits per heavy atom. The van der Waals surface area contributed by atoms with E-state index in [1.807, 2.05) is 0 Å². The second-order valence-corrected chi connectivity index (χ2v) is 5.76. The first-order valence-corrected chi connectivity index (χ1v) is 7.53. The van der Waals surface area contributed by atoms with E-state index in [4.69, 9.17) is 10.5 Å². The molecule has 19 heavy (non-hydrogen) atoms. The first-order valence-electron chi connectivity index (χ1n) is 7.53. The first kappa shape index (κ1) is 12.9. The Balaban J connectivity index is 1.67. The molecule has 0 aromatic heterocycles. The highest BCUT2D eigenvalue weighted by atomic mass is 16.5. The van der Waals surface area contributed by atoms with Crippen LogP contribution in [0, 0.1) is 5.92 Å². The summed E-state index contributed by atoms with van der Waals surface area (Å²) in [6.07, 6.45) is 4.83. The van der Waals surface area contributed by atoms with Gasteiger partial charge in [-0.15, -0.1) is 0 Å². The minimum absolute atomic E-state index is 0.163. The molecule has 2 N–H and O–H groups in total. The molecule has 0 spiro atoms. The summed E-state index contributed by atoms with van der Waals surface area (Å²) in [6.45, 7) is 4.13. The quantitative estimate of drug-likeness (QED) is 0.908. The Labute approximate surface area is 115 Å². The fourth-order valence-corrected chi connectivity index (χ4v) is 3.23. The largest absolute Gasteiger partial charge is 0.381 e. The van der Waals surface area contributed by atoms with Crippen molar-refractivity contribution in [1.29, 1.82) is 0 Å². The minimum atomic E-state index is 0.163. The van der Waals surface area contributed by atoms with E-state index < -0.39 is 0 Å². The smallest absolute Gasteiger partial charge is 0.0469 e. The van der Waals surface area contributed by atoms with Crippen LogP contribution in [0.5, 0.6) is 0 Å². The Morgan fingerprint density at radius 3 is 2.32 bits per heavy atom. The summed E-state index contributed by atoms with van der Waals surface area (Å²) in [4.78, 5) is 2.46. The molecule has 2 heterocycles. The van der Waals surface area contributed by atoms with Crippen LogP contribution in [0.15, 0.2) is 24.3 Å². The van der Waals surface area contributed by atoms with E-state index in [1.165, 1.54) is 37.2 Å². The average Bonchev–Trinajstić information content (AvgIpc) is 3.02. The normalized spacial score (nSPS) is 22.7. The number of anilines is 1. The zero-order valence-electron chi connectivity index (χ0n) is 11.6. The van der Waals surface area contributed by atoms with Crippen molar-refractivity contribution in [2.24, 2.45) is 11.7 Å². The standard InChI is InChI=1S/C16H24N2O/c17-16(14-7-11-19-12-8-14)13-3-5-15(6-4-13)18-9-1-2-10-18/h3-6,14,16H,1-2,7-12,17H2/t16-/m1/s1. The van der Waals surface area contributed by atoms with Gasteiger partial charge in [-0.3, -0.25) is 0 Å². The number of nitrogens with two attached hydrogens (primary N) is 1. The van der Waals surface area contributed by atoms with Gasteiger partial charge in [-0.05, 0) is 49.3 Å². The van der Waals surface area contributed by atoms with Gasteiger partial charge in [-0.2, -0.15) is 0 Å². The summed E-state index contributed by atoms with van der Waals surface area (Å²) < 4.78 is 5.41. The van der Waals surface area contributed by atoms with Crippen molar-refractivity contribution in [1.82, 2.24) is 0 Å². The molecular formula is C16H24N2O. The third-order valence-corrected chi connectivity index (χ3v) is 4.52. The summed E-state index contributed by atoms with van der Waals surface area (Å²) >= 11 is 0. The van der Waals surface area contributed by atoms with Crippen LogP contribution >= 0.6 is 0 Å². The molecule has 0 unspecified atom stereocenters. The highest BCUT2D eigenvalue weighted by Gasteiger charge is 2.22. The van der Waals surface area contributed by atoms with E-state index >= 15 is 0 Å². The zero-order valence-corrected chi connectivity index (χ0v) is 11.6. The lowest BCUT2D eigenvalue weighted by molar-refractivity contribution is 0.0584. The topological polar surface area (TPSA) is 38.5 Å². The summed E-state index contributed by atoms with van der Waals surface area (Å²) in [5, 5.41) is 0. The van der Waals surface area contributed by atoms with Gasteiger partial charge in [0, 0.05) is 38.0 Å². The Bertz CT molecular complexity index is 392. The number of ether oxygens (including phenoxy) is 1. The molecule has 0 bridgehead atoms. The van der Waals surface area contributed by atoms with Crippen molar-refractivity contribution in [3.8, 4) is 0 Å². The zero-order chi connectivity index (χ0) is 13.1. The van der Waals surface area contributed by atoms with Crippen LogP contribution in [0.2, 0.25) is 0 Å². The van der Waals surface area contributed by atoms with Crippen LogP contribution in [0.25, 0.3) is 0 Å². The molecule has 1 atom stereocenters. The summed E-state index contributed by atoms with van der Waals surface area (Å²) in [6, 6.07) is 9.07. The van der Waals surface area contributed by atoms with E-state index in [0.29, 0.717) is 5.92 Å². The van der Waals surface area contributed by atoms with Gasteiger partial charge in [-0.25, -0.2) is 0 Å². The molecule has 2 fully saturated rings. The maximum Gasteiger partial charge on any atom is 0.0469 e. The van der Waals surface area contributed by atoms with Crippen LogP contribution in [0.1, 0.15) is 37.3 Å². The molecule has 3 rings (SSSR count). The molecule has 1 aromatic carbocycles. The number of benzene rings is 1. The average molecular weight is 260 g/mol. The van der Waals surface area contributed by atoms with Crippen molar-refractivity contribution in [3.63, 3.8) is 0 Å². The van der Waals surface area contributed by atoms with Gasteiger partial charge in [0.2, 0.25) is 0 Å². The molecule has 3 nitrogen and oxygen atoms in total. The molecule has 2 saturated heterocycles. The van der Waals surface area contributed by atoms with Crippen LogP contribution in [-0.2, 0) is 4.74 Å². The molecule has 2 aliphatic heterocycles. The molecule has 1 aromatic rings. The van der Waals surface area contributed by atoms with Gasteiger partial charge < -0.3 is 15.4 Å². The lowest BCUT2D eigenvalue weighted by Crippen LogP contribution is -2.27. The van der Waals surface area contributed by atoms with Crippen LogP contribution in [-0.4, -0.2) is 26.3 Å². The molecule has 0 aliphatic carbocycles. The third kappa shape index (κ3) is 2.93. The van der Waals surface area contributed by atoms with E-state index in [9.17, 15) is 0 Å². The maximum atomic E-state index is 6.40. The van der Waals surface area contributed by atoms with E-state index in [0.717, 1.165) is 26.1 Å². The van der Waals surface area contributed by atoms with Crippen molar-refractivity contribution < 1.29 is 4.74 Å². The monoisotopic (exact) mass is 260 g/mol. The molecule has 3 heteroatoms. The Kier molecular flexibility index (Phi) is 4.04. The molecular weight excluding hydrogens is 236 g/mol. The van der Waals surface area contributed by atoms with Crippen molar-refractivity contribution in [2.45, 2.75) is 31.7 Å². The molecule has 2 aliphatic rings. The lowest BCUT2D eigenvalue weighted by atomic mass is 9.88. The van der Waals surface area contributed by atoms with Gasteiger partial charge >= 0.3 is 0 Å². The highest BCUT2D eigenvalue weighted by Crippen LogP contribution is 2.29. The Hall–Kier alpha value is -1.06. The van der Waals surface area contributed by atoms with E-state index in [-0.39, 0.29) is 6.04 Å². The third-order valence-electron chi connectivity index (χ3n) is 4.52. The van der Waals surface area contributed by atoms with Gasteiger partial charge in [0.15, 0.2) is 0 Å². The fourth-order valence-electron chi connectivity index (χ4n) is 3.23. The number of hydrogen-bond donors (Lipinski definition) is 1. The SMILES string of the molecule is N[C@H](c1ccc(N2CCCC2)cc1)C1CCOCC1. The number of nitrogens with zero attached hydrogens (tertiary/aromatic N) is 1. The second kappa shape index (κ2) is 5.93. The van der Waals surface area contributed by atoms with Crippen LogP contribution in [0.3, 0.4) is 0 Å². The van der Waals surface area contributed by atoms with E-state index in [1.54, 1.807) is 0 Å². The molecule has 0 amide bonds. The lowest BCUT2D eigenvalue weighted by Gasteiger charge is -2.28. The molecule has 104 valence electrons. The van der Waals surface area contributed by atoms with Gasteiger partial charge in [0.1, 0.15) is 0 Å². The highest BCUT2D eigenvalue weighted by molar-refractivity contribution is 5.48. The predicted octanol–water partition coefficient (Wildman–Crippen LogP) is 2.71. The summed E-state index contributed by atoms with van der Waals surface area (Å²) in [5.41, 5.74) is 9.02. The first-order chi connectivity index (χ1) is 9.34. The number of hydrogen-bond acceptors (Lipinski definition) is 3. The van der Waals surface area contributed by atoms with Crippen molar-refractivity contribution >= 4 is 5.69 Å². The minimum Gasteiger partial charge on any atom is -0.381 e. The summed E-state index contributed by atoms with van der Waals surface area (Å²) in [5.74, 6) is 0.575. The number of rotatable bonds is 3. The second-order valence-electron chi connectivity index (χ2n) is 5.76. The fraction of sp³-hybridized carbons (Fsp3) is 0.625. The van der Waals surface area contributed by atoms with Crippen molar-refractivity contribution in [3.05, 3.63) is 29.8 Å². The van der Waals surface area contributed by atoms with Crippen molar-refractivity contribution in [2.75, 3.05) is 31.2 Å². The van der Waals surface area contributed by atoms with E-state index in [2.05, 4.69) is 29.2 Å². The van der Waals surface area contributed by atoms with Gasteiger partial charge in [-0.1, -0.05) is 12.1 Å². The molecule has 0 saturated carbocycles. The van der Waals surface area contributed by atoms with Gasteiger partial charge in [0.05, 0.1) is 0 Å². The Morgan fingerprint density at radius 2 is 1.68 bits per heavy atom. The maximum absolute atomic E-state index is 6.40. The van der Waals surface area contributed by atoms with Gasteiger partial charge in [0.25, 0.3) is 0 Å². The van der Waals surface area contributed by atoms with Crippen LogP contribution < -0.4 is 10.6 Å². The van der Waals surface area contributed by atoms with Crippen LogP contribution in [0.4, 0.5) is 5.69 Å². The predicted molar refractivity (Wildman–Crippen MR) is 78.4 cm³/mol. The summed E-state index contributed by atoms with van der Waals surface area (Å²) in [7, 11) is 0.